The van der Waals surface area contributed by atoms with Crippen molar-refractivity contribution >= 4 is 23.3 Å². The lowest BCUT2D eigenvalue weighted by atomic mass is 10.2. The molecule has 0 aliphatic carbocycles. The van der Waals surface area contributed by atoms with Crippen LogP contribution in [0.3, 0.4) is 0 Å². The summed E-state index contributed by atoms with van der Waals surface area (Å²) >= 11 is 1.53. The highest BCUT2D eigenvalue weighted by Crippen LogP contribution is 2.10. The van der Waals surface area contributed by atoms with Gasteiger partial charge in [-0.1, -0.05) is 6.07 Å². The molecule has 1 saturated heterocycles. The minimum absolute atomic E-state index is 0.0660. The fourth-order valence-corrected chi connectivity index (χ4v) is 2.97. The molecule has 6 heteroatoms. The first kappa shape index (κ1) is 14.9. The Hall–Kier alpha value is -2.05. The van der Waals surface area contributed by atoms with Gasteiger partial charge in [0.2, 0.25) is 5.91 Å². The number of carbonyl (C=O) groups is 1. The molecule has 0 atom stereocenters. The molecule has 0 N–H and O–H groups in total. The summed E-state index contributed by atoms with van der Waals surface area (Å²) in [6.45, 7) is 4.21. The standard InChI is InChI=1S/C16H18N4OS/c21-16(4-3-15-18-6-11-22-15)20-9-7-19(8-10-20)13-14-2-1-5-17-12-14/h1-6,11-12H,7-10,13H2/b4-3+. The molecule has 22 heavy (non-hydrogen) atoms. The van der Waals surface area contributed by atoms with Crippen molar-refractivity contribution in [3.8, 4) is 0 Å². The van der Waals surface area contributed by atoms with E-state index in [4.69, 9.17) is 0 Å². The largest absolute Gasteiger partial charge is 0.337 e. The second-order valence-corrected chi connectivity index (χ2v) is 6.09. The summed E-state index contributed by atoms with van der Waals surface area (Å²) in [5.74, 6) is 0.0660. The molecule has 0 radical (unpaired) electrons. The maximum atomic E-state index is 12.1. The molecule has 0 aromatic carbocycles. The van der Waals surface area contributed by atoms with Crippen molar-refractivity contribution in [1.29, 1.82) is 0 Å². The van der Waals surface area contributed by atoms with Crippen LogP contribution >= 0.6 is 11.3 Å². The highest BCUT2D eigenvalue weighted by Gasteiger charge is 2.19. The summed E-state index contributed by atoms with van der Waals surface area (Å²) in [6, 6.07) is 4.04. The van der Waals surface area contributed by atoms with Gasteiger partial charge in [-0.15, -0.1) is 11.3 Å². The van der Waals surface area contributed by atoms with Crippen molar-refractivity contribution in [2.75, 3.05) is 26.2 Å². The van der Waals surface area contributed by atoms with Crippen molar-refractivity contribution in [2.45, 2.75) is 6.54 Å². The second-order valence-electron chi connectivity index (χ2n) is 5.17. The molecule has 2 aromatic heterocycles. The van der Waals surface area contributed by atoms with Crippen LogP contribution in [0.4, 0.5) is 0 Å². The van der Waals surface area contributed by atoms with Crippen LogP contribution < -0.4 is 0 Å². The van der Waals surface area contributed by atoms with Gasteiger partial charge in [0, 0.05) is 62.8 Å². The van der Waals surface area contributed by atoms with Crippen molar-refractivity contribution < 1.29 is 4.79 Å². The van der Waals surface area contributed by atoms with Gasteiger partial charge in [-0.25, -0.2) is 4.98 Å². The SMILES string of the molecule is O=C(/C=C/c1nccs1)N1CCN(Cc2cccnc2)CC1. The fourth-order valence-electron chi connectivity index (χ4n) is 2.44. The van der Waals surface area contributed by atoms with E-state index in [0.717, 1.165) is 37.7 Å². The quantitative estimate of drug-likeness (QED) is 0.809. The minimum atomic E-state index is 0.0660. The topological polar surface area (TPSA) is 49.3 Å². The Morgan fingerprint density at radius 3 is 2.82 bits per heavy atom. The summed E-state index contributed by atoms with van der Waals surface area (Å²) in [5.41, 5.74) is 1.21. The van der Waals surface area contributed by atoms with Crippen LogP contribution in [0, 0.1) is 0 Å². The Labute approximate surface area is 133 Å². The lowest BCUT2D eigenvalue weighted by Gasteiger charge is -2.34. The van der Waals surface area contributed by atoms with E-state index in [0.29, 0.717) is 0 Å². The van der Waals surface area contributed by atoms with Crippen LogP contribution in [0.2, 0.25) is 0 Å². The molecule has 0 bridgehead atoms. The number of piperazine rings is 1. The molecule has 3 heterocycles. The Morgan fingerprint density at radius 1 is 1.27 bits per heavy atom. The highest BCUT2D eigenvalue weighted by atomic mass is 32.1. The van der Waals surface area contributed by atoms with E-state index in [1.54, 1.807) is 24.5 Å². The maximum absolute atomic E-state index is 12.1. The Morgan fingerprint density at radius 2 is 2.14 bits per heavy atom. The van der Waals surface area contributed by atoms with Crippen LogP contribution in [0.5, 0.6) is 0 Å². The molecule has 114 valence electrons. The van der Waals surface area contributed by atoms with Crippen molar-refractivity contribution in [2.24, 2.45) is 0 Å². The number of pyridine rings is 1. The molecule has 5 nitrogen and oxygen atoms in total. The molecule has 1 fully saturated rings. The van der Waals surface area contributed by atoms with E-state index in [9.17, 15) is 4.79 Å². The number of hydrogen-bond donors (Lipinski definition) is 0. The molecule has 1 amide bonds. The summed E-state index contributed by atoms with van der Waals surface area (Å²) in [4.78, 5) is 24.7. The normalized spacial score (nSPS) is 16.3. The lowest BCUT2D eigenvalue weighted by Crippen LogP contribution is -2.47. The second kappa shape index (κ2) is 7.29. The zero-order chi connectivity index (χ0) is 15.2. The third-order valence-corrected chi connectivity index (χ3v) is 4.37. The molecule has 0 spiro atoms. The number of amides is 1. The number of thiazole rings is 1. The third kappa shape index (κ3) is 3.99. The monoisotopic (exact) mass is 314 g/mol. The molecular formula is C16H18N4OS. The number of carbonyl (C=O) groups excluding carboxylic acids is 1. The summed E-state index contributed by atoms with van der Waals surface area (Å²) < 4.78 is 0. The van der Waals surface area contributed by atoms with Crippen LogP contribution in [0.15, 0.2) is 42.2 Å². The van der Waals surface area contributed by atoms with Gasteiger partial charge in [0.25, 0.3) is 0 Å². The van der Waals surface area contributed by atoms with Crippen LogP contribution in [-0.4, -0.2) is 51.9 Å². The predicted molar refractivity (Wildman–Crippen MR) is 87.2 cm³/mol. The molecule has 2 aromatic rings. The smallest absolute Gasteiger partial charge is 0.246 e. The minimum Gasteiger partial charge on any atom is -0.337 e. The first-order valence-corrected chi connectivity index (χ1v) is 8.17. The first-order chi connectivity index (χ1) is 10.8. The van der Waals surface area contributed by atoms with Gasteiger partial charge in [-0.05, 0) is 17.7 Å². The van der Waals surface area contributed by atoms with Gasteiger partial charge in [0.15, 0.2) is 0 Å². The lowest BCUT2D eigenvalue weighted by molar-refractivity contribution is -0.127. The van der Waals surface area contributed by atoms with E-state index >= 15 is 0 Å². The summed E-state index contributed by atoms with van der Waals surface area (Å²) in [6.07, 6.45) is 8.83. The average Bonchev–Trinajstić information content (AvgIpc) is 3.08. The van der Waals surface area contributed by atoms with Crippen LogP contribution in [0.25, 0.3) is 6.08 Å². The Balaban J connectivity index is 1.48. The zero-order valence-corrected chi connectivity index (χ0v) is 13.1. The summed E-state index contributed by atoms with van der Waals surface area (Å²) in [5, 5.41) is 2.77. The maximum Gasteiger partial charge on any atom is 0.246 e. The molecule has 0 unspecified atom stereocenters. The Kier molecular flexibility index (Phi) is 4.92. The van der Waals surface area contributed by atoms with Gasteiger partial charge >= 0.3 is 0 Å². The van der Waals surface area contributed by atoms with E-state index in [2.05, 4.69) is 20.9 Å². The van der Waals surface area contributed by atoms with Gasteiger partial charge in [-0.3, -0.25) is 14.7 Å². The number of rotatable bonds is 4. The van der Waals surface area contributed by atoms with Gasteiger partial charge in [0.1, 0.15) is 5.01 Å². The molecule has 3 rings (SSSR count). The van der Waals surface area contributed by atoms with Gasteiger partial charge in [0.05, 0.1) is 0 Å². The van der Waals surface area contributed by atoms with Gasteiger partial charge in [-0.2, -0.15) is 0 Å². The van der Waals surface area contributed by atoms with Gasteiger partial charge < -0.3 is 4.90 Å². The molecule has 1 aliphatic rings. The number of hydrogen-bond acceptors (Lipinski definition) is 5. The van der Waals surface area contributed by atoms with Crippen LogP contribution in [-0.2, 0) is 11.3 Å². The van der Waals surface area contributed by atoms with Crippen LogP contribution in [0.1, 0.15) is 10.6 Å². The van der Waals surface area contributed by atoms with Crippen molar-refractivity contribution in [1.82, 2.24) is 19.8 Å². The van der Waals surface area contributed by atoms with E-state index in [1.807, 2.05) is 22.5 Å². The Bertz CT molecular complexity index is 619. The van der Waals surface area contributed by atoms with Crippen molar-refractivity contribution in [3.05, 3.63) is 52.8 Å². The fraction of sp³-hybridized carbons (Fsp3) is 0.312. The van der Waals surface area contributed by atoms with E-state index < -0.39 is 0 Å². The predicted octanol–water partition coefficient (Wildman–Crippen LogP) is 1.90. The third-order valence-electron chi connectivity index (χ3n) is 3.63. The molecule has 0 saturated carbocycles. The molecule has 1 aliphatic heterocycles. The highest BCUT2D eigenvalue weighted by molar-refractivity contribution is 7.10. The molecular weight excluding hydrogens is 296 g/mol. The zero-order valence-electron chi connectivity index (χ0n) is 12.3. The van der Waals surface area contributed by atoms with E-state index in [1.165, 1.54) is 16.9 Å². The average molecular weight is 314 g/mol. The number of aromatic nitrogens is 2. The van der Waals surface area contributed by atoms with Crippen molar-refractivity contribution in [3.63, 3.8) is 0 Å². The number of nitrogens with zero attached hydrogens (tertiary/aromatic N) is 4. The first-order valence-electron chi connectivity index (χ1n) is 7.29. The summed E-state index contributed by atoms with van der Waals surface area (Å²) in [7, 11) is 0. The van der Waals surface area contributed by atoms with E-state index in [-0.39, 0.29) is 5.91 Å².